The summed E-state index contributed by atoms with van der Waals surface area (Å²) in [5, 5.41) is 2.43. The molecule has 1 fully saturated rings. The first-order valence-electron chi connectivity index (χ1n) is 10.8. The van der Waals surface area contributed by atoms with Crippen molar-refractivity contribution in [1.29, 1.82) is 0 Å². The fourth-order valence-electron chi connectivity index (χ4n) is 3.97. The predicted molar refractivity (Wildman–Crippen MR) is 139 cm³/mol. The summed E-state index contributed by atoms with van der Waals surface area (Å²) < 4.78 is 29.9. The van der Waals surface area contributed by atoms with Crippen LogP contribution in [0.4, 0.5) is 5.13 Å². The van der Waals surface area contributed by atoms with Crippen LogP contribution in [0.3, 0.4) is 0 Å². The van der Waals surface area contributed by atoms with Crippen molar-refractivity contribution in [2.45, 2.75) is 23.5 Å². The van der Waals surface area contributed by atoms with Gasteiger partial charge in [-0.05, 0) is 69.5 Å². The molecule has 11 heteroatoms. The average Bonchev–Trinajstić information content (AvgIpc) is 3.46. The van der Waals surface area contributed by atoms with E-state index in [9.17, 15) is 13.2 Å². The number of fused-ring (bicyclic) bond motifs is 1. The minimum absolute atomic E-state index is 0.0436. The first-order chi connectivity index (χ1) is 15.8. The Morgan fingerprint density at radius 1 is 1.27 bits per heavy atom. The third-order valence-electron chi connectivity index (χ3n) is 5.65. The molecule has 3 aromatic rings. The van der Waals surface area contributed by atoms with E-state index in [-0.39, 0.29) is 18.4 Å². The van der Waals surface area contributed by atoms with Crippen LogP contribution >= 0.6 is 38.6 Å². The van der Waals surface area contributed by atoms with Gasteiger partial charge in [0.2, 0.25) is 5.91 Å². The van der Waals surface area contributed by atoms with E-state index in [1.165, 1.54) is 27.0 Å². The SMILES string of the molecule is CN(C)CCCN(C(=O)C1CCCN(S(=O)(=O)c2cccs2)C1)c1nc2ccc(Br)cc2s1. The molecule has 0 bridgehead atoms. The van der Waals surface area contributed by atoms with Crippen molar-refractivity contribution >= 4 is 69.9 Å². The van der Waals surface area contributed by atoms with Gasteiger partial charge in [0.25, 0.3) is 10.0 Å². The van der Waals surface area contributed by atoms with Crippen molar-refractivity contribution < 1.29 is 13.2 Å². The number of anilines is 1. The third kappa shape index (κ3) is 5.66. The standard InChI is InChI=1S/C22H27BrN4O3S3/c1-25(2)10-5-12-27(22-24-18-9-8-17(23)14-19(18)32-22)21(28)16-6-3-11-26(15-16)33(29,30)20-7-4-13-31-20/h4,7-9,13-14,16H,3,5-6,10-12,15H2,1-2H3. The summed E-state index contributed by atoms with van der Waals surface area (Å²) in [7, 11) is 0.447. The summed E-state index contributed by atoms with van der Waals surface area (Å²) in [5.74, 6) is -0.426. The van der Waals surface area contributed by atoms with Gasteiger partial charge in [0, 0.05) is 24.1 Å². The van der Waals surface area contributed by atoms with Crippen LogP contribution in [-0.4, -0.2) is 68.8 Å². The monoisotopic (exact) mass is 570 g/mol. The Morgan fingerprint density at radius 2 is 2.09 bits per heavy atom. The molecule has 1 unspecified atom stereocenters. The predicted octanol–water partition coefficient (Wildman–Crippen LogP) is 4.51. The second-order valence-corrected chi connectivity index (χ2v) is 13.4. The molecule has 3 heterocycles. The van der Waals surface area contributed by atoms with Crippen LogP contribution in [-0.2, 0) is 14.8 Å². The summed E-state index contributed by atoms with van der Waals surface area (Å²) in [4.78, 5) is 22.3. The van der Waals surface area contributed by atoms with E-state index in [2.05, 4.69) is 20.8 Å². The summed E-state index contributed by atoms with van der Waals surface area (Å²) >= 11 is 6.21. The quantitative estimate of drug-likeness (QED) is 0.398. The van der Waals surface area contributed by atoms with Crippen LogP contribution in [0.15, 0.2) is 44.4 Å². The molecule has 7 nitrogen and oxygen atoms in total. The van der Waals surface area contributed by atoms with E-state index < -0.39 is 10.0 Å². The second-order valence-electron chi connectivity index (χ2n) is 8.39. The smallest absolute Gasteiger partial charge is 0.252 e. The Bertz CT molecular complexity index is 1210. The van der Waals surface area contributed by atoms with Crippen LogP contribution in [0.1, 0.15) is 19.3 Å². The van der Waals surface area contributed by atoms with Crippen LogP contribution < -0.4 is 4.90 Å². The zero-order valence-corrected chi connectivity index (χ0v) is 22.6. The Balaban J connectivity index is 1.58. The number of thiazole rings is 1. The molecule has 1 aliphatic rings. The van der Waals surface area contributed by atoms with E-state index in [4.69, 9.17) is 4.98 Å². The number of rotatable bonds is 8. The lowest BCUT2D eigenvalue weighted by Gasteiger charge is -2.33. The maximum absolute atomic E-state index is 13.7. The molecule has 1 aliphatic heterocycles. The molecular weight excluding hydrogens is 544 g/mol. The lowest BCUT2D eigenvalue weighted by molar-refractivity contribution is -0.123. The lowest BCUT2D eigenvalue weighted by Crippen LogP contribution is -2.47. The number of benzene rings is 1. The molecule has 2 aromatic heterocycles. The van der Waals surface area contributed by atoms with Crippen LogP contribution in [0.2, 0.25) is 0 Å². The molecule has 1 saturated heterocycles. The van der Waals surface area contributed by atoms with Crippen molar-refractivity contribution in [1.82, 2.24) is 14.2 Å². The normalized spacial score (nSPS) is 17.6. The molecule has 0 saturated carbocycles. The van der Waals surface area contributed by atoms with Crippen molar-refractivity contribution in [2.75, 3.05) is 45.2 Å². The van der Waals surface area contributed by atoms with Crippen molar-refractivity contribution in [3.05, 3.63) is 40.2 Å². The number of hydrogen-bond donors (Lipinski definition) is 0. The van der Waals surface area contributed by atoms with Crippen LogP contribution in [0.25, 0.3) is 10.2 Å². The molecule has 4 rings (SSSR count). The van der Waals surface area contributed by atoms with Crippen molar-refractivity contribution in [3.63, 3.8) is 0 Å². The fraction of sp³-hybridized carbons (Fsp3) is 0.455. The fourth-order valence-corrected chi connectivity index (χ4v) is 8.18. The molecule has 0 spiro atoms. The number of piperidine rings is 1. The van der Waals surface area contributed by atoms with E-state index in [1.807, 2.05) is 32.3 Å². The molecule has 1 aromatic carbocycles. The van der Waals surface area contributed by atoms with Gasteiger partial charge in [-0.15, -0.1) is 11.3 Å². The highest BCUT2D eigenvalue weighted by Gasteiger charge is 2.36. The molecule has 0 aliphatic carbocycles. The van der Waals surface area contributed by atoms with Crippen molar-refractivity contribution in [3.8, 4) is 0 Å². The molecule has 33 heavy (non-hydrogen) atoms. The number of carbonyl (C=O) groups is 1. The first kappa shape index (κ1) is 24.7. The van der Waals surface area contributed by atoms with Crippen molar-refractivity contribution in [2.24, 2.45) is 5.92 Å². The van der Waals surface area contributed by atoms with Gasteiger partial charge in [0.15, 0.2) is 5.13 Å². The van der Waals surface area contributed by atoms with Gasteiger partial charge in [-0.1, -0.05) is 33.3 Å². The van der Waals surface area contributed by atoms with Gasteiger partial charge in [-0.25, -0.2) is 13.4 Å². The van der Waals surface area contributed by atoms with E-state index >= 15 is 0 Å². The number of aromatic nitrogens is 1. The van der Waals surface area contributed by atoms with Gasteiger partial charge in [-0.3, -0.25) is 9.69 Å². The molecule has 1 atom stereocenters. The minimum atomic E-state index is -3.57. The summed E-state index contributed by atoms with van der Waals surface area (Å²) in [6.07, 6.45) is 2.15. The third-order valence-corrected chi connectivity index (χ3v) is 10.4. The number of carbonyl (C=O) groups excluding carboxylic acids is 1. The van der Waals surface area contributed by atoms with Gasteiger partial charge in [0.05, 0.1) is 16.1 Å². The molecule has 0 radical (unpaired) electrons. The number of thiophene rings is 1. The largest absolute Gasteiger partial charge is 0.309 e. The van der Waals surface area contributed by atoms with E-state index in [0.717, 1.165) is 27.7 Å². The molecule has 0 N–H and O–H groups in total. The minimum Gasteiger partial charge on any atom is -0.309 e. The molecule has 1 amide bonds. The number of nitrogens with zero attached hydrogens (tertiary/aromatic N) is 4. The van der Waals surface area contributed by atoms with Crippen LogP contribution in [0, 0.1) is 5.92 Å². The average molecular weight is 572 g/mol. The summed E-state index contributed by atoms with van der Waals surface area (Å²) in [5.41, 5.74) is 0.856. The van der Waals surface area contributed by atoms with E-state index in [1.54, 1.807) is 22.4 Å². The highest BCUT2D eigenvalue weighted by Crippen LogP contribution is 2.33. The lowest BCUT2D eigenvalue weighted by atomic mass is 9.98. The van der Waals surface area contributed by atoms with Gasteiger partial charge >= 0.3 is 0 Å². The summed E-state index contributed by atoms with van der Waals surface area (Å²) in [6, 6.07) is 9.26. The molecule has 178 valence electrons. The van der Waals surface area contributed by atoms with Gasteiger partial charge in [0.1, 0.15) is 4.21 Å². The van der Waals surface area contributed by atoms with Gasteiger partial charge < -0.3 is 4.90 Å². The zero-order chi connectivity index (χ0) is 23.6. The molecular formula is C22H27BrN4O3S3. The number of amides is 1. The summed E-state index contributed by atoms with van der Waals surface area (Å²) in [6.45, 7) is 2.05. The highest BCUT2D eigenvalue weighted by molar-refractivity contribution is 9.10. The van der Waals surface area contributed by atoms with E-state index in [0.29, 0.717) is 35.3 Å². The van der Waals surface area contributed by atoms with Crippen LogP contribution in [0.5, 0.6) is 0 Å². The van der Waals surface area contributed by atoms with Gasteiger partial charge in [-0.2, -0.15) is 4.31 Å². The zero-order valence-electron chi connectivity index (χ0n) is 18.6. The number of halogens is 1. The second kappa shape index (κ2) is 10.5. The first-order valence-corrected chi connectivity index (χ1v) is 14.7. The Labute approximate surface area is 211 Å². The Kier molecular flexibility index (Phi) is 7.87. The Hall–Kier alpha value is -1.37. The topological polar surface area (TPSA) is 73.8 Å². The number of hydrogen-bond acceptors (Lipinski definition) is 7. The Morgan fingerprint density at radius 3 is 2.82 bits per heavy atom. The highest BCUT2D eigenvalue weighted by atomic mass is 79.9. The number of sulfonamides is 1. The maximum atomic E-state index is 13.7. The maximum Gasteiger partial charge on any atom is 0.252 e.